The fourth-order valence-corrected chi connectivity index (χ4v) is 1.53. The van der Waals surface area contributed by atoms with Crippen LogP contribution in [0.5, 0.6) is 5.75 Å². The predicted molar refractivity (Wildman–Crippen MR) is 72.1 cm³/mol. The minimum atomic E-state index is -0.714. The smallest absolute Gasteiger partial charge is 0.261 e. The number of hydrogen-bond donors (Lipinski definition) is 2. The summed E-state index contributed by atoms with van der Waals surface area (Å²) in [5, 5.41) is 20.4. The molecule has 0 bridgehead atoms. The van der Waals surface area contributed by atoms with Gasteiger partial charge in [0.1, 0.15) is 5.75 Å². The molecule has 0 heterocycles. The van der Waals surface area contributed by atoms with Crippen molar-refractivity contribution in [3.05, 3.63) is 29.8 Å². The Labute approximate surface area is 117 Å². The highest BCUT2D eigenvalue weighted by Gasteiger charge is 2.18. The van der Waals surface area contributed by atoms with E-state index in [1.165, 1.54) is 7.11 Å². The van der Waals surface area contributed by atoms with E-state index in [1.54, 1.807) is 31.2 Å². The number of rotatable bonds is 7. The first-order chi connectivity index (χ1) is 9.60. The molecule has 0 aliphatic carbocycles. The van der Waals surface area contributed by atoms with Crippen LogP contribution in [0.15, 0.2) is 24.3 Å². The summed E-state index contributed by atoms with van der Waals surface area (Å²) in [5.74, 6) is 0.157. The number of nitriles is 1. The molecule has 1 aromatic carbocycles. The second-order valence-corrected chi connectivity index (χ2v) is 4.24. The summed E-state index contributed by atoms with van der Waals surface area (Å²) in [4.78, 5) is 11.9. The Morgan fingerprint density at radius 1 is 1.45 bits per heavy atom. The molecular weight excluding hydrogens is 260 g/mol. The quantitative estimate of drug-likeness (QED) is 0.755. The molecule has 0 fully saturated rings. The highest BCUT2D eigenvalue weighted by Crippen LogP contribution is 2.13. The van der Waals surface area contributed by atoms with E-state index in [4.69, 9.17) is 19.8 Å². The van der Waals surface area contributed by atoms with Crippen LogP contribution in [0.4, 0.5) is 0 Å². The molecule has 1 amide bonds. The second kappa shape index (κ2) is 8.15. The summed E-state index contributed by atoms with van der Waals surface area (Å²) in [7, 11) is 1.49. The maximum Gasteiger partial charge on any atom is 0.261 e. The largest absolute Gasteiger partial charge is 0.481 e. The molecule has 2 atom stereocenters. The summed E-state index contributed by atoms with van der Waals surface area (Å²) in [5.41, 5.74) is 0.523. The van der Waals surface area contributed by atoms with E-state index in [-0.39, 0.29) is 19.1 Å². The first-order valence-electron chi connectivity index (χ1n) is 6.17. The van der Waals surface area contributed by atoms with Gasteiger partial charge in [-0.05, 0) is 31.2 Å². The lowest BCUT2D eigenvalue weighted by atomic mass is 10.2. The van der Waals surface area contributed by atoms with Gasteiger partial charge in [0.15, 0.2) is 6.10 Å². The van der Waals surface area contributed by atoms with Crippen LogP contribution in [0.1, 0.15) is 12.5 Å². The third-order valence-electron chi connectivity index (χ3n) is 2.60. The average molecular weight is 278 g/mol. The molecule has 0 aliphatic heterocycles. The van der Waals surface area contributed by atoms with E-state index >= 15 is 0 Å². The summed E-state index contributed by atoms with van der Waals surface area (Å²) < 4.78 is 10.3. The van der Waals surface area contributed by atoms with Gasteiger partial charge >= 0.3 is 0 Å². The zero-order valence-corrected chi connectivity index (χ0v) is 11.5. The van der Waals surface area contributed by atoms with Gasteiger partial charge in [-0.3, -0.25) is 4.79 Å². The third-order valence-corrected chi connectivity index (χ3v) is 2.60. The Hall–Kier alpha value is -2.10. The topological polar surface area (TPSA) is 91.6 Å². The average Bonchev–Trinajstić information content (AvgIpc) is 2.47. The molecule has 0 aliphatic rings. The fourth-order valence-electron chi connectivity index (χ4n) is 1.53. The number of hydrogen-bond acceptors (Lipinski definition) is 5. The summed E-state index contributed by atoms with van der Waals surface area (Å²) in [6.45, 7) is 1.63. The Balaban J connectivity index is 2.54. The SMILES string of the molecule is COCC(CO)NC(=O)C(C)Oc1ccc(C#N)cc1. The minimum absolute atomic E-state index is 0.205. The predicted octanol–water partition coefficient (Wildman–Crippen LogP) is 0.449. The highest BCUT2D eigenvalue weighted by atomic mass is 16.5. The molecule has 0 radical (unpaired) electrons. The van der Waals surface area contributed by atoms with Crippen LogP contribution >= 0.6 is 0 Å². The Morgan fingerprint density at radius 3 is 2.60 bits per heavy atom. The molecule has 0 spiro atoms. The molecular formula is C14H18N2O4. The van der Waals surface area contributed by atoms with Crippen molar-refractivity contribution in [3.63, 3.8) is 0 Å². The summed E-state index contributed by atoms with van der Waals surface area (Å²) in [6, 6.07) is 8.02. The number of carbonyl (C=O) groups is 1. The molecule has 6 nitrogen and oxygen atoms in total. The lowest BCUT2D eigenvalue weighted by molar-refractivity contribution is -0.128. The number of nitrogens with one attached hydrogen (secondary N) is 1. The monoisotopic (exact) mass is 278 g/mol. The number of ether oxygens (including phenoxy) is 2. The van der Waals surface area contributed by atoms with Gasteiger partial charge in [0.25, 0.3) is 5.91 Å². The van der Waals surface area contributed by atoms with Gasteiger partial charge in [-0.15, -0.1) is 0 Å². The second-order valence-electron chi connectivity index (χ2n) is 4.24. The molecule has 108 valence electrons. The molecule has 2 N–H and O–H groups in total. The maximum atomic E-state index is 11.9. The highest BCUT2D eigenvalue weighted by molar-refractivity contribution is 5.81. The number of amides is 1. The van der Waals surface area contributed by atoms with Crippen LogP contribution in [-0.2, 0) is 9.53 Å². The van der Waals surface area contributed by atoms with Crippen molar-refractivity contribution >= 4 is 5.91 Å². The van der Waals surface area contributed by atoms with E-state index in [1.807, 2.05) is 6.07 Å². The van der Waals surface area contributed by atoms with Gasteiger partial charge in [0.2, 0.25) is 0 Å². The molecule has 2 unspecified atom stereocenters. The fraction of sp³-hybridized carbons (Fsp3) is 0.429. The van der Waals surface area contributed by atoms with Crippen molar-refractivity contribution in [2.24, 2.45) is 0 Å². The van der Waals surface area contributed by atoms with Crippen molar-refractivity contribution in [1.82, 2.24) is 5.32 Å². The lowest BCUT2D eigenvalue weighted by Gasteiger charge is -2.19. The molecule has 6 heteroatoms. The van der Waals surface area contributed by atoms with E-state index in [0.717, 1.165) is 0 Å². The standard InChI is InChI=1S/C14H18N2O4/c1-10(14(18)16-12(8-17)9-19-2)20-13-5-3-11(7-15)4-6-13/h3-6,10,12,17H,8-9H2,1-2H3,(H,16,18). The van der Waals surface area contributed by atoms with Gasteiger partial charge < -0.3 is 19.9 Å². The maximum absolute atomic E-state index is 11.9. The van der Waals surface area contributed by atoms with E-state index in [9.17, 15) is 4.79 Å². The number of nitrogens with zero attached hydrogens (tertiary/aromatic N) is 1. The normalized spacial score (nSPS) is 13.1. The molecule has 0 saturated heterocycles. The zero-order chi connectivity index (χ0) is 15.0. The van der Waals surface area contributed by atoms with Gasteiger partial charge in [0, 0.05) is 7.11 Å². The Bertz CT molecular complexity index is 467. The molecule has 0 saturated carbocycles. The minimum Gasteiger partial charge on any atom is -0.481 e. The van der Waals surface area contributed by atoms with Crippen molar-refractivity contribution < 1.29 is 19.4 Å². The number of methoxy groups -OCH3 is 1. The van der Waals surface area contributed by atoms with Crippen LogP contribution in [0.3, 0.4) is 0 Å². The Morgan fingerprint density at radius 2 is 2.10 bits per heavy atom. The van der Waals surface area contributed by atoms with Crippen molar-refractivity contribution in [2.45, 2.75) is 19.1 Å². The van der Waals surface area contributed by atoms with Crippen molar-refractivity contribution in [3.8, 4) is 11.8 Å². The molecule has 1 rings (SSSR count). The van der Waals surface area contributed by atoms with Crippen LogP contribution in [-0.4, -0.2) is 43.5 Å². The van der Waals surface area contributed by atoms with Crippen LogP contribution in [0.2, 0.25) is 0 Å². The first kappa shape index (κ1) is 16.0. The van der Waals surface area contributed by atoms with E-state index in [2.05, 4.69) is 5.32 Å². The molecule has 0 aromatic heterocycles. The van der Waals surface area contributed by atoms with Crippen LogP contribution in [0.25, 0.3) is 0 Å². The van der Waals surface area contributed by atoms with Crippen LogP contribution in [0, 0.1) is 11.3 Å². The van der Waals surface area contributed by atoms with E-state index < -0.39 is 12.1 Å². The van der Waals surface area contributed by atoms with Gasteiger partial charge in [0.05, 0.1) is 30.9 Å². The van der Waals surface area contributed by atoms with Crippen molar-refractivity contribution in [2.75, 3.05) is 20.3 Å². The Kier molecular flexibility index (Phi) is 6.50. The van der Waals surface area contributed by atoms with Gasteiger partial charge in [-0.1, -0.05) is 0 Å². The molecule has 20 heavy (non-hydrogen) atoms. The summed E-state index contributed by atoms with van der Waals surface area (Å²) in [6.07, 6.45) is -0.714. The van der Waals surface area contributed by atoms with Crippen molar-refractivity contribution in [1.29, 1.82) is 5.26 Å². The third kappa shape index (κ3) is 4.88. The van der Waals surface area contributed by atoms with Gasteiger partial charge in [-0.2, -0.15) is 5.26 Å². The van der Waals surface area contributed by atoms with E-state index in [0.29, 0.717) is 11.3 Å². The number of carbonyl (C=O) groups excluding carboxylic acids is 1. The number of benzene rings is 1. The lowest BCUT2D eigenvalue weighted by Crippen LogP contribution is -2.46. The number of aliphatic hydroxyl groups is 1. The number of aliphatic hydroxyl groups excluding tert-OH is 1. The summed E-state index contributed by atoms with van der Waals surface area (Å²) >= 11 is 0. The molecule has 1 aromatic rings. The van der Waals surface area contributed by atoms with Gasteiger partial charge in [-0.25, -0.2) is 0 Å². The van der Waals surface area contributed by atoms with Crippen LogP contribution < -0.4 is 10.1 Å². The zero-order valence-electron chi connectivity index (χ0n) is 11.5. The first-order valence-corrected chi connectivity index (χ1v) is 6.17.